The van der Waals surface area contributed by atoms with Crippen LogP contribution in [-0.4, -0.2) is 11.6 Å². The topological polar surface area (TPSA) is 34.1 Å². The molecule has 2 heteroatoms. The third kappa shape index (κ3) is 2.70. The Kier molecular flexibility index (Phi) is 4.10. The van der Waals surface area contributed by atoms with E-state index in [1.807, 2.05) is 30.3 Å². The zero-order valence-corrected chi connectivity index (χ0v) is 14.4. The van der Waals surface area contributed by atoms with E-state index < -0.39 is 0 Å². The molecule has 126 valence electrons. The molecule has 0 bridgehead atoms. The molecule has 1 aliphatic rings. The third-order valence-electron chi connectivity index (χ3n) is 4.82. The van der Waals surface area contributed by atoms with Gasteiger partial charge in [-0.2, -0.15) is 0 Å². The smallest absolute Gasteiger partial charge is 0.194 e. The fourth-order valence-corrected chi connectivity index (χ4v) is 3.45. The number of hydrogen-bond acceptors (Lipinski definition) is 2. The molecule has 26 heavy (non-hydrogen) atoms. The number of hydrogen-bond donors (Lipinski definition) is 0. The number of benzene rings is 3. The summed E-state index contributed by atoms with van der Waals surface area (Å²) < 4.78 is 0. The Morgan fingerprint density at radius 1 is 0.692 bits per heavy atom. The van der Waals surface area contributed by atoms with Crippen LogP contribution in [0, 0.1) is 0 Å². The van der Waals surface area contributed by atoms with Gasteiger partial charge in [-0.05, 0) is 41.7 Å². The van der Waals surface area contributed by atoms with Crippen LogP contribution in [0.5, 0.6) is 0 Å². The maximum Gasteiger partial charge on any atom is 0.194 e. The van der Waals surface area contributed by atoms with Gasteiger partial charge in [-0.1, -0.05) is 60.7 Å². The Morgan fingerprint density at radius 3 is 2.08 bits per heavy atom. The highest BCUT2D eigenvalue weighted by molar-refractivity contribution is 6.28. The Hall–Kier alpha value is -3.26. The zero-order chi connectivity index (χ0) is 18.1. The van der Waals surface area contributed by atoms with Gasteiger partial charge in [0.2, 0.25) is 0 Å². The summed E-state index contributed by atoms with van der Waals surface area (Å²) in [5, 5.41) is 0. The van der Waals surface area contributed by atoms with E-state index in [1.165, 1.54) is 5.56 Å². The van der Waals surface area contributed by atoms with Gasteiger partial charge in [0, 0.05) is 22.3 Å². The molecule has 0 spiro atoms. The number of fused-ring (bicyclic) bond motifs is 2. The minimum absolute atomic E-state index is 0.0820. The van der Waals surface area contributed by atoms with Gasteiger partial charge in [-0.25, -0.2) is 0 Å². The van der Waals surface area contributed by atoms with Crippen molar-refractivity contribution >= 4 is 11.6 Å². The molecule has 0 amide bonds. The monoisotopic (exact) mass is 338 g/mol. The summed E-state index contributed by atoms with van der Waals surface area (Å²) in [4.78, 5) is 25.6. The molecule has 0 N–H and O–H groups in total. The minimum atomic E-state index is -0.0835. The summed E-state index contributed by atoms with van der Waals surface area (Å²) in [6.07, 6.45) is 3.78. The van der Waals surface area contributed by atoms with Crippen molar-refractivity contribution in [1.82, 2.24) is 0 Å². The lowest BCUT2D eigenvalue weighted by molar-refractivity contribution is 0.0979. The second-order valence-corrected chi connectivity index (χ2v) is 6.49. The molecule has 0 fully saturated rings. The maximum atomic E-state index is 12.9. The van der Waals surface area contributed by atoms with E-state index in [1.54, 1.807) is 30.3 Å². The highest BCUT2D eigenvalue weighted by Crippen LogP contribution is 2.31. The maximum absolute atomic E-state index is 12.9. The molecule has 0 saturated carbocycles. The van der Waals surface area contributed by atoms with Crippen LogP contribution in [0.25, 0.3) is 11.1 Å². The molecule has 0 radical (unpaired) electrons. The Balaban J connectivity index is 1.77. The lowest BCUT2D eigenvalue weighted by atomic mass is 9.83. The van der Waals surface area contributed by atoms with Crippen LogP contribution in [0.15, 0.2) is 79.4 Å². The third-order valence-corrected chi connectivity index (χ3v) is 4.82. The van der Waals surface area contributed by atoms with E-state index >= 15 is 0 Å². The first-order valence-electron chi connectivity index (χ1n) is 8.72. The normalized spacial score (nSPS) is 12.5. The molecule has 1 aliphatic carbocycles. The van der Waals surface area contributed by atoms with Crippen LogP contribution in [0.3, 0.4) is 0 Å². The van der Waals surface area contributed by atoms with Crippen molar-refractivity contribution in [2.75, 3.05) is 0 Å². The highest BCUT2D eigenvalue weighted by Gasteiger charge is 2.29. The van der Waals surface area contributed by atoms with Crippen LogP contribution >= 0.6 is 0 Å². The van der Waals surface area contributed by atoms with E-state index in [-0.39, 0.29) is 11.6 Å². The van der Waals surface area contributed by atoms with E-state index in [4.69, 9.17) is 0 Å². The molecule has 0 saturated heterocycles. The summed E-state index contributed by atoms with van der Waals surface area (Å²) in [6, 6.07) is 20.8. The second kappa shape index (κ2) is 6.57. The number of carbonyl (C=O) groups excluding carboxylic acids is 2. The molecule has 0 aromatic heterocycles. The molecule has 0 unspecified atom stereocenters. The number of ketones is 2. The summed E-state index contributed by atoms with van der Waals surface area (Å²) in [5.74, 6) is -0.165. The Morgan fingerprint density at radius 2 is 1.35 bits per heavy atom. The number of rotatable bonds is 4. The van der Waals surface area contributed by atoms with Crippen molar-refractivity contribution in [3.05, 3.63) is 107 Å². The molecular weight excluding hydrogens is 320 g/mol. The molecule has 2 nitrogen and oxygen atoms in total. The van der Waals surface area contributed by atoms with Gasteiger partial charge in [-0.15, -0.1) is 6.58 Å². The van der Waals surface area contributed by atoms with Gasteiger partial charge in [0.05, 0.1) is 0 Å². The molecule has 3 aromatic rings. The van der Waals surface area contributed by atoms with Crippen LogP contribution in [0.1, 0.15) is 43.8 Å². The molecular formula is C24H18O2. The van der Waals surface area contributed by atoms with E-state index in [9.17, 15) is 9.59 Å². The first-order chi connectivity index (χ1) is 12.7. The summed E-state index contributed by atoms with van der Waals surface area (Å²) in [5.41, 5.74) is 5.18. The van der Waals surface area contributed by atoms with Crippen molar-refractivity contribution in [3.63, 3.8) is 0 Å². The zero-order valence-electron chi connectivity index (χ0n) is 14.4. The number of allylic oxidation sites excluding steroid dienone is 1. The molecule has 0 atom stereocenters. The molecule has 0 aliphatic heterocycles. The predicted octanol–water partition coefficient (Wildman–Crippen LogP) is 5.25. The van der Waals surface area contributed by atoms with E-state index in [0.717, 1.165) is 24.0 Å². The van der Waals surface area contributed by atoms with Gasteiger partial charge in [-0.3, -0.25) is 9.59 Å². The van der Waals surface area contributed by atoms with Gasteiger partial charge < -0.3 is 0 Å². The molecule has 4 rings (SSSR count). The van der Waals surface area contributed by atoms with Crippen LogP contribution < -0.4 is 0 Å². The van der Waals surface area contributed by atoms with Crippen molar-refractivity contribution in [3.8, 4) is 11.1 Å². The Bertz CT molecular complexity index is 1040. The van der Waals surface area contributed by atoms with Crippen LogP contribution in [0.2, 0.25) is 0 Å². The number of carbonyl (C=O) groups is 2. The lowest BCUT2D eigenvalue weighted by Gasteiger charge is -2.18. The fourth-order valence-electron chi connectivity index (χ4n) is 3.45. The van der Waals surface area contributed by atoms with Crippen molar-refractivity contribution < 1.29 is 9.59 Å². The average Bonchev–Trinajstić information content (AvgIpc) is 2.70. The van der Waals surface area contributed by atoms with Crippen molar-refractivity contribution in [1.29, 1.82) is 0 Å². The second-order valence-electron chi connectivity index (χ2n) is 6.49. The van der Waals surface area contributed by atoms with Crippen molar-refractivity contribution in [2.24, 2.45) is 0 Å². The number of aryl methyl sites for hydroxylation is 1. The van der Waals surface area contributed by atoms with Crippen molar-refractivity contribution in [2.45, 2.75) is 12.8 Å². The van der Waals surface area contributed by atoms with E-state index in [2.05, 4.69) is 18.7 Å². The minimum Gasteiger partial charge on any atom is -0.289 e. The summed E-state index contributed by atoms with van der Waals surface area (Å²) in [6.45, 7) is 3.77. The standard InChI is InChI=1S/C24H18O2/c1-2-3-7-16-8-6-9-17(14-16)18-12-13-21-22(15-18)24(26)20-11-5-4-10-19(20)23(21)25/h2,4-6,8-15H,1,3,7H2. The Labute approximate surface area is 152 Å². The highest BCUT2D eigenvalue weighted by atomic mass is 16.1. The first-order valence-corrected chi connectivity index (χ1v) is 8.72. The quantitative estimate of drug-likeness (QED) is 0.476. The largest absolute Gasteiger partial charge is 0.289 e. The van der Waals surface area contributed by atoms with Crippen LogP contribution in [0.4, 0.5) is 0 Å². The lowest BCUT2D eigenvalue weighted by Crippen LogP contribution is -2.20. The van der Waals surface area contributed by atoms with Gasteiger partial charge in [0.1, 0.15) is 0 Å². The fraction of sp³-hybridized carbons (Fsp3) is 0.0833. The van der Waals surface area contributed by atoms with Crippen LogP contribution in [-0.2, 0) is 6.42 Å². The van der Waals surface area contributed by atoms with Gasteiger partial charge in [0.15, 0.2) is 11.6 Å². The van der Waals surface area contributed by atoms with E-state index in [0.29, 0.717) is 22.3 Å². The van der Waals surface area contributed by atoms with Gasteiger partial charge >= 0.3 is 0 Å². The van der Waals surface area contributed by atoms with Gasteiger partial charge in [0.25, 0.3) is 0 Å². The predicted molar refractivity (Wildman–Crippen MR) is 104 cm³/mol. The molecule has 0 heterocycles. The average molecular weight is 338 g/mol. The first kappa shape index (κ1) is 16.2. The SMILES string of the molecule is C=CCCc1cccc(-c2ccc3c(c2)C(=O)c2ccccc2C3=O)c1. The summed E-state index contributed by atoms with van der Waals surface area (Å²) in [7, 11) is 0. The molecule has 3 aromatic carbocycles. The summed E-state index contributed by atoms with van der Waals surface area (Å²) >= 11 is 0.